The van der Waals surface area contributed by atoms with Gasteiger partial charge in [0.15, 0.2) is 0 Å². The van der Waals surface area contributed by atoms with Gasteiger partial charge in [-0.1, -0.05) is 42.5 Å². The molecule has 0 bridgehead atoms. The average Bonchev–Trinajstić information content (AvgIpc) is 3.50. The van der Waals surface area contributed by atoms with Crippen LogP contribution in [0.25, 0.3) is 22.2 Å². The number of piperidine rings is 2. The lowest BCUT2D eigenvalue weighted by atomic mass is 9.79. The number of aliphatic hydroxyl groups is 1. The van der Waals surface area contributed by atoms with Gasteiger partial charge in [-0.15, -0.1) is 0 Å². The second kappa shape index (κ2) is 12.6. The normalized spacial score (nSPS) is 19.5. The van der Waals surface area contributed by atoms with Crippen LogP contribution >= 0.6 is 0 Å². The minimum atomic E-state index is -1.12. The lowest BCUT2D eigenvalue weighted by Crippen LogP contribution is -2.53. The summed E-state index contributed by atoms with van der Waals surface area (Å²) in [6.45, 7) is 1.84. The molecule has 2 aromatic carbocycles. The number of aromatic nitrogens is 4. The monoisotopic (exact) mass is 630 g/mol. The molecule has 240 valence electrons. The number of pyridine rings is 1. The van der Waals surface area contributed by atoms with E-state index < -0.39 is 5.60 Å². The average molecular weight is 631 g/mol. The maximum Gasteiger partial charge on any atom is 0.262 e. The van der Waals surface area contributed by atoms with E-state index in [1.807, 2.05) is 83.6 Å². The van der Waals surface area contributed by atoms with Gasteiger partial charge in [-0.05, 0) is 66.3 Å². The van der Waals surface area contributed by atoms with Gasteiger partial charge in [-0.2, -0.15) is 0 Å². The highest BCUT2D eigenvalue weighted by molar-refractivity contribution is 5.96. The number of amides is 2. The van der Waals surface area contributed by atoms with Crippen LogP contribution < -0.4 is 5.56 Å². The number of likely N-dealkylation sites (tertiary alicyclic amines) is 2. The van der Waals surface area contributed by atoms with Gasteiger partial charge in [-0.25, -0.2) is 4.98 Å². The summed E-state index contributed by atoms with van der Waals surface area (Å²) < 4.78 is 3.27. The molecule has 0 saturated carbocycles. The highest BCUT2D eigenvalue weighted by Crippen LogP contribution is 2.36. The van der Waals surface area contributed by atoms with Crippen molar-refractivity contribution >= 4 is 22.8 Å². The Morgan fingerprint density at radius 2 is 1.68 bits per heavy atom. The van der Waals surface area contributed by atoms with E-state index in [2.05, 4.69) is 9.97 Å². The Morgan fingerprint density at radius 3 is 2.45 bits per heavy atom. The summed E-state index contributed by atoms with van der Waals surface area (Å²) in [7, 11) is 1.84. The molecule has 2 fully saturated rings. The van der Waals surface area contributed by atoms with Crippen molar-refractivity contribution in [3.05, 3.63) is 119 Å². The Hall–Kier alpha value is -5.09. The van der Waals surface area contributed by atoms with E-state index in [0.29, 0.717) is 62.0 Å². The topological polar surface area (TPSA) is 114 Å². The molecule has 10 nitrogen and oxygen atoms in total. The van der Waals surface area contributed by atoms with Crippen molar-refractivity contribution in [1.82, 2.24) is 28.9 Å². The zero-order valence-corrected chi connectivity index (χ0v) is 26.4. The Labute approximate surface area is 272 Å². The first-order valence-corrected chi connectivity index (χ1v) is 16.2. The first-order valence-electron chi connectivity index (χ1n) is 16.2. The Morgan fingerprint density at radius 1 is 0.915 bits per heavy atom. The van der Waals surface area contributed by atoms with E-state index in [4.69, 9.17) is 0 Å². The number of aryl methyl sites for hydroxylation is 1. The lowest BCUT2D eigenvalue weighted by Gasteiger charge is -2.43. The van der Waals surface area contributed by atoms with Crippen molar-refractivity contribution in [2.45, 2.75) is 37.3 Å². The molecule has 5 heterocycles. The van der Waals surface area contributed by atoms with Gasteiger partial charge in [-0.3, -0.25) is 23.9 Å². The molecule has 10 heteroatoms. The van der Waals surface area contributed by atoms with Crippen LogP contribution in [-0.2, 0) is 18.4 Å². The van der Waals surface area contributed by atoms with E-state index >= 15 is 0 Å². The van der Waals surface area contributed by atoms with Crippen molar-refractivity contribution in [2.24, 2.45) is 13.0 Å². The van der Waals surface area contributed by atoms with E-state index in [1.165, 1.54) is 10.9 Å². The second-order valence-corrected chi connectivity index (χ2v) is 12.9. The van der Waals surface area contributed by atoms with Crippen LogP contribution in [0, 0.1) is 5.92 Å². The Bertz CT molecular complexity index is 1960. The number of rotatable bonds is 6. The van der Waals surface area contributed by atoms with E-state index in [1.54, 1.807) is 29.2 Å². The second-order valence-electron chi connectivity index (χ2n) is 12.9. The highest BCUT2D eigenvalue weighted by atomic mass is 16.3. The van der Waals surface area contributed by atoms with Crippen molar-refractivity contribution in [3.8, 4) is 11.1 Å². The molecule has 0 aliphatic carbocycles. The Balaban J connectivity index is 1.05. The van der Waals surface area contributed by atoms with Crippen LogP contribution in [0.15, 0.2) is 103 Å². The number of fused-ring (bicyclic) bond motifs is 1. The van der Waals surface area contributed by atoms with Crippen LogP contribution in [0.5, 0.6) is 0 Å². The minimum absolute atomic E-state index is 0.0470. The predicted molar refractivity (Wildman–Crippen MR) is 179 cm³/mol. The number of benzene rings is 2. The molecular weight excluding hydrogens is 592 g/mol. The molecule has 0 unspecified atom stereocenters. The summed E-state index contributed by atoms with van der Waals surface area (Å²) in [4.78, 5) is 53.2. The third-order valence-electron chi connectivity index (χ3n) is 9.89. The maximum absolute atomic E-state index is 14.1. The number of hydrogen-bond donors (Lipinski definition) is 1. The number of carbonyl (C=O) groups excluding carboxylic acids is 2. The Kier molecular flexibility index (Phi) is 8.19. The third kappa shape index (κ3) is 6.08. The summed E-state index contributed by atoms with van der Waals surface area (Å²) in [6, 6.07) is 23.2. The molecule has 7 rings (SSSR count). The third-order valence-corrected chi connectivity index (χ3v) is 9.89. The summed E-state index contributed by atoms with van der Waals surface area (Å²) in [6.07, 6.45) is 8.04. The molecule has 2 atom stereocenters. The number of hydrogen-bond acceptors (Lipinski definition) is 6. The molecule has 0 radical (unpaired) electrons. The molecule has 2 amide bonds. The van der Waals surface area contributed by atoms with Crippen LogP contribution in [0.2, 0.25) is 0 Å². The standard InChI is InChI=1S/C37H38N6O4/c1-40-18-12-31-33(40)39-25-43(36(31)46)24-37(47)14-20-41(21-15-37)35(45)30-13-19-42(23-32(30)27-6-3-2-4-7-27)34(44)29-9-5-8-28(22-29)26-10-16-38-17-11-26/h2-12,16-18,22,25,30,32,47H,13-15,19-21,23-24H2,1H3/t30-,32+/m1/s1. The first-order chi connectivity index (χ1) is 22.8. The molecule has 5 aromatic rings. The largest absolute Gasteiger partial charge is 0.388 e. The SMILES string of the molecule is Cn1ccc2c(=O)n(CC3(O)CCN(C(=O)[C@@H]4CCN(C(=O)c5cccc(-c6ccncc6)c5)C[C@H]4c4ccccc4)CC3)cnc21. The van der Waals surface area contributed by atoms with Crippen molar-refractivity contribution < 1.29 is 14.7 Å². The molecular formula is C37H38N6O4. The van der Waals surface area contributed by atoms with Gasteiger partial charge in [0.2, 0.25) is 5.91 Å². The quantitative estimate of drug-likeness (QED) is 0.302. The highest BCUT2D eigenvalue weighted by Gasteiger charge is 2.41. The van der Waals surface area contributed by atoms with E-state index in [0.717, 1.165) is 16.7 Å². The zero-order chi connectivity index (χ0) is 32.5. The smallest absolute Gasteiger partial charge is 0.262 e. The van der Waals surface area contributed by atoms with E-state index in [-0.39, 0.29) is 35.8 Å². The van der Waals surface area contributed by atoms with Crippen LogP contribution in [-0.4, -0.2) is 77.6 Å². The molecule has 3 aromatic heterocycles. The molecule has 47 heavy (non-hydrogen) atoms. The van der Waals surface area contributed by atoms with Crippen molar-refractivity contribution in [3.63, 3.8) is 0 Å². The summed E-state index contributed by atoms with van der Waals surface area (Å²) in [5.41, 5.74) is 2.91. The summed E-state index contributed by atoms with van der Waals surface area (Å²) >= 11 is 0. The predicted octanol–water partition coefficient (Wildman–Crippen LogP) is 4.10. The maximum atomic E-state index is 14.1. The van der Waals surface area contributed by atoms with Gasteiger partial charge in [0.1, 0.15) is 12.0 Å². The fourth-order valence-corrected chi connectivity index (χ4v) is 7.17. The van der Waals surface area contributed by atoms with Crippen molar-refractivity contribution in [1.29, 1.82) is 0 Å². The summed E-state index contributed by atoms with van der Waals surface area (Å²) in [5, 5.41) is 12.0. The molecule has 2 saturated heterocycles. The van der Waals surface area contributed by atoms with Crippen LogP contribution in [0.3, 0.4) is 0 Å². The van der Waals surface area contributed by atoms with E-state index in [9.17, 15) is 19.5 Å². The minimum Gasteiger partial charge on any atom is -0.388 e. The molecule has 2 aliphatic rings. The van der Waals surface area contributed by atoms with Crippen molar-refractivity contribution in [2.75, 3.05) is 26.2 Å². The summed E-state index contributed by atoms with van der Waals surface area (Å²) in [5.74, 6) is -0.442. The number of nitrogens with zero attached hydrogens (tertiary/aromatic N) is 6. The first kappa shape index (κ1) is 30.6. The lowest BCUT2D eigenvalue weighted by molar-refractivity contribution is -0.142. The fourth-order valence-electron chi connectivity index (χ4n) is 7.17. The van der Waals surface area contributed by atoms with Crippen LogP contribution in [0.1, 0.15) is 41.1 Å². The van der Waals surface area contributed by atoms with Gasteiger partial charge in [0, 0.05) is 69.2 Å². The van der Waals surface area contributed by atoms with Gasteiger partial charge in [0.05, 0.1) is 17.5 Å². The van der Waals surface area contributed by atoms with Gasteiger partial charge >= 0.3 is 0 Å². The van der Waals surface area contributed by atoms with Crippen LogP contribution in [0.4, 0.5) is 0 Å². The molecule has 2 aliphatic heterocycles. The molecule has 0 spiro atoms. The number of carbonyl (C=O) groups is 2. The molecule has 1 N–H and O–H groups in total. The van der Waals surface area contributed by atoms with Gasteiger partial charge < -0.3 is 19.5 Å². The van der Waals surface area contributed by atoms with Gasteiger partial charge in [0.25, 0.3) is 11.5 Å². The zero-order valence-electron chi connectivity index (χ0n) is 26.4. The fraction of sp³-hybridized carbons (Fsp3) is 0.324.